The van der Waals surface area contributed by atoms with Crippen molar-refractivity contribution in [3.63, 3.8) is 0 Å². The maximum Gasteiger partial charge on any atom is 0.287 e. The molecule has 1 unspecified atom stereocenters. The van der Waals surface area contributed by atoms with Gasteiger partial charge in [-0.1, -0.05) is 0 Å². The maximum absolute atomic E-state index is 12.6. The molecule has 0 spiro atoms. The number of amides is 2. The molecular formula is C15H21N3O5S. The molecule has 0 aromatic carbocycles. The van der Waals surface area contributed by atoms with Crippen LogP contribution in [0.1, 0.15) is 42.0 Å². The van der Waals surface area contributed by atoms with Crippen molar-refractivity contribution in [1.29, 1.82) is 0 Å². The summed E-state index contributed by atoms with van der Waals surface area (Å²) in [6.45, 7) is 3.09. The number of furan rings is 1. The second-order valence-corrected chi connectivity index (χ2v) is 8.01. The van der Waals surface area contributed by atoms with E-state index in [4.69, 9.17) is 4.42 Å². The lowest BCUT2D eigenvalue weighted by molar-refractivity contribution is -0.124. The monoisotopic (exact) mass is 355 g/mol. The Morgan fingerprint density at radius 2 is 2.04 bits per heavy atom. The van der Waals surface area contributed by atoms with Gasteiger partial charge in [-0.05, 0) is 32.6 Å². The van der Waals surface area contributed by atoms with Gasteiger partial charge < -0.3 is 15.1 Å². The Hall–Kier alpha value is -1.87. The van der Waals surface area contributed by atoms with Gasteiger partial charge in [-0.25, -0.2) is 8.42 Å². The van der Waals surface area contributed by atoms with E-state index in [1.165, 1.54) is 17.3 Å². The van der Waals surface area contributed by atoms with Crippen LogP contribution < -0.4 is 10.6 Å². The van der Waals surface area contributed by atoms with Crippen molar-refractivity contribution in [1.82, 2.24) is 14.9 Å². The van der Waals surface area contributed by atoms with E-state index < -0.39 is 22.0 Å². The number of carbonyl (C=O) groups excluding carboxylic acids is 2. The highest BCUT2D eigenvalue weighted by Gasteiger charge is 2.32. The number of nitrogens with one attached hydrogen (secondary N) is 2. The molecule has 0 saturated carbocycles. The zero-order chi connectivity index (χ0) is 17.3. The van der Waals surface area contributed by atoms with Crippen LogP contribution >= 0.6 is 0 Å². The predicted molar refractivity (Wildman–Crippen MR) is 84.9 cm³/mol. The number of sulfonamides is 1. The summed E-state index contributed by atoms with van der Waals surface area (Å²) >= 11 is 0. The summed E-state index contributed by atoms with van der Waals surface area (Å²) in [5.74, 6) is -0.727. The van der Waals surface area contributed by atoms with Crippen LogP contribution in [-0.2, 0) is 14.8 Å². The lowest BCUT2D eigenvalue weighted by Gasteiger charge is -2.22. The highest BCUT2D eigenvalue weighted by Crippen LogP contribution is 2.26. The molecule has 0 aliphatic carbocycles. The Kier molecular flexibility index (Phi) is 4.64. The Morgan fingerprint density at radius 1 is 1.33 bits per heavy atom. The van der Waals surface area contributed by atoms with Crippen LogP contribution in [-0.4, -0.2) is 50.2 Å². The summed E-state index contributed by atoms with van der Waals surface area (Å²) in [6.07, 6.45) is 3.00. The number of carbonyl (C=O) groups is 2. The second kappa shape index (κ2) is 6.56. The van der Waals surface area contributed by atoms with Crippen molar-refractivity contribution in [3.8, 4) is 0 Å². The van der Waals surface area contributed by atoms with Gasteiger partial charge in [0.2, 0.25) is 15.9 Å². The number of aryl methyl sites for hydroxylation is 1. The normalized spacial score (nSPS) is 22.4. The average molecular weight is 355 g/mol. The molecule has 2 fully saturated rings. The topological polar surface area (TPSA) is 109 Å². The number of hydrogen-bond acceptors (Lipinski definition) is 5. The first-order chi connectivity index (χ1) is 11.4. The van der Waals surface area contributed by atoms with Crippen molar-refractivity contribution in [2.45, 2.75) is 43.5 Å². The van der Waals surface area contributed by atoms with Gasteiger partial charge in [-0.15, -0.1) is 0 Å². The fourth-order valence-corrected chi connectivity index (χ4v) is 4.72. The molecule has 2 saturated heterocycles. The zero-order valence-corrected chi connectivity index (χ0v) is 14.3. The van der Waals surface area contributed by atoms with Gasteiger partial charge in [-0.3, -0.25) is 9.59 Å². The molecule has 0 bridgehead atoms. The van der Waals surface area contributed by atoms with E-state index >= 15 is 0 Å². The van der Waals surface area contributed by atoms with Crippen LogP contribution in [0.25, 0.3) is 0 Å². The third-order valence-corrected chi connectivity index (χ3v) is 6.38. The van der Waals surface area contributed by atoms with Crippen LogP contribution in [0.3, 0.4) is 0 Å². The first-order valence-corrected chi connectivity index (χ1v) is 9.53. The van der Waals surface area contributed by atoms with Gasteiger partial charge in [0.25, 0.3) is 5.91 Å². The molecule has 2 aliphatic heterocycles. The van der Waals surface area contributed by atoms with Gasteiger partial charge in [0.1, 0.15) is 16.7 Å². The molecule has 132 valence electrons. The predicted octanol–water partition coefficient (Wildman–Crippen LogP) is 0.381. The molecule has 1 aromatic rings. The molecule has 24 heavy (non-hydrogen) atoms. The fourth-order valence-electron chi connectivity index (χ4n) is 3.04. The molecule has 2 amide bonds. The molecule has 2 aliphatic rings. The van der Waals surface area contributed by atoms with E-state index in [2.05, 4.69) is 10.6 Å². The first kappa shape index (κ1) is 17.0. The van der Waals surface area contributed by atoms with Gasteiger partial charge in [0.15, 0.2) is 5.76 Å². The minimum absolute atomic E-state index is 0.0163. The number of nitrogens with zero attached hydrogens (tertiary/aromatic N) is 1. The highest BCUT2D eigenvalue weighted by molar-refractivity contribution is 7.89. The van der Waals surface area contributed by atoms with Crippen molar-refractivity contribution in [3.05, 3.63) is 17.6 Å². The van der Waals surface area contributed by atoms with Gasteiger partial charge in [-0.2, -0.15) is 4.31 Å². The molecule has 0 radical (unpaired) electrons. The van der Waals surface area contributed by atoms with E-state index in [9.17, 15) is 18.0 Å². The van der Waals surface area contributed by atoms with Crippen molar-refractivity contribution in [2.24, 2.45) is 0 Å². The lowest BCUT2D eigenvalue weighted by Crippen LogP contribution is -2.50. The van der Waals surface area contributed by atoms with E-state index in [0.29, 0.717) is 26.1 Å². The summed E-state index contributed by atoms with van der Waals surface area (Å²) in [5.41, 5.74) is 0. The second-order valence-electron chi connectivity index (χ2n) is 6.10. The molecule has 3 rings (SSSR count). The van der Waals surface area contributed by atoms with E-state index in [1.807, 2.05) is 0 Å². The van der Waals surface area contributed by atoms with Crippen LogP contribution in [0.15, 0.2) is 15.4 Å². The Morgan fingerprint density at radius 3 is 2.71 bits per heavy atom. The standard InChI is InChI=1S/C15H21N3O5S/c1-10-13(24(21,22)18-7-2-3-8-18)9-12(23-10)15(20)17-11-5-4-6-16-14(11)19/h9,11H,2-8H2,1H3,(H,16,19)(H,17,20). The summed E-state index contributed by atoms with van der Waals surface area (Å²) in [7, 11) is -3.65. The first-order valence-electron chi connectivity index (χ1n) is 8.09. The van der Waals surface area contributed by atoms with Gasteiger partial charge in [0.05, 0.1) is 0 Å². The summed E-state index contributed by atoms with van der Waals surface area (Å²) in [5, 5.41) is 5.27. The Bertz CT molecular complexity index is 749. The van der Waals surface area contributed by atoms with E-state index in [0.717, 1.165) is 19.3 Å². The minimum Gasteiger partial charge on any atom is -0.455 e. The van der Waals surface area contributed by atoms with Crippen molar-refractivity contribution < 1.29 is 22.4 Å². The molecule has 1 aromatic heterocycles. The maximum atomic E-state index is 12.6. The molecular weight excluding hydrogens is 334 g/mol. The summed E-state index contributed by atoms with van der Waals surface area (Å²) in [6, 6.07) is 0.634. The van der Waals surface area contributed by atoms with Crippen LogP contribution in [0.5, 0.6) is 0 Å². The number of hydrogen-bond donors (Lipinski definition) is 2. The quantitative estimate of drug-likeness (QED) is 0.812. The highest BCUT2D eigenvalue weighted by atomic mass is 32.2. The van der Waals surface area contributed by atoms with Crippen LogP contribution in [0.2, 0.25) is 0 Å². The molecule has 9 heteroatoms. The third-order valence-electron chi connectivity index (χ3n) is 4.37. The van der Waals surface area contributed by atoms with Crippen LogP contribution in [0, 0.1) is 6.92 Å². The number of piperidine rings is 1. The summed E-state index contributed by atoms with van der Waals surface area (Å²) in [4.78, 5) is 24.0. The Labute approximate surface area is 140 Å². The average Bonchev–Trinajstić information content (AvgIpc) is 3.19. The van der Waals surface area contributed by atoms with Gasteiger partial charge in [0, 0.05) is 25.7 Å². The molecule has 3 heterocycles. The van der Waals surface area contributed by atoms with Crippen molar-refractivity contribution in [2.75, 3.05) is 19.6 Å². The third kappa shape index (κ3) is 3.18. The SMILES string of the molecule is Cc1oc(C(=O)NC2CCCNC2=O)cc1S(=O)(=O)N1CCCC1. The van der Waals surface area contributed by atoms with Crippen LogP contribution in [0.4, 0.5) is 0 Å². The lowest BCUT2D eigenvalue weighted by atomic mass is 10.1. The van der Waals surface area contributed by atoms with Gasteiger partial charge >= 0.3 is 0 Å². The van der Waals surface area contributed by atoms with E-state index in [-0.39, 0.29) is 22.3 Å². The molecule has 1 atom stereocenters. The summed E-state index contributed by atoms with van der Waals surface area (Å²) < 4.78 is 32.0. The molecule has 8 nitrogen and oxygen atoms in total. The van der Waals surface area contributed by atoms with E-state index in [1.54, 1.807) is 0 Å². The fraction of sp³-hybridized carbons (Fsp3) is 0.600. The largest absolute Gasteiger partial charge is 0.455 e. The Balaban J connectivity index is 1.78. The smallest absolute Gasteiger partial charge is 0.287 e. The van der Waals surface area contributed by atoms with Crippen molar-refractivity contribution >= 4 is 21.8 Å². The minimum atomic E-state index is -3.65. The molecule has 2 N–H and O–H groups in total. The number of rotatable bonds is 4. The zero-order valence-electron chi connectivity index (χ0n) is 13.5.